The molecule has 36 heavy (non-hydrogen) atoms. The Bertz CT molecular complexity index is 1340. The van der Waals surface area contributed by atoms with E-state index in [0.717, 1.165) is 16.8 Å². The smallest absolute Gasteiger partial charge is 0.217 e. The number of imidazole rings is 1. The highest BCUT2D eigenvalue weighted by Gasteiger charge is 2.35. The minimum absolute atomic E-state index is 0.292. The largest absolute Gasteiger partial charge is 0.353 e. The lowest BCUT2D eigenvalue weighted by Gasteiger charge is -2.38. The molecule has 0 spiro atoms. The zero-order chi connectivity index (χ0) is 25.1. The Morgan fingerprint density at radius 2 is 1.56 bits per heavy atom. The van der Waals surface area contributed by atoms with Crippen molar-refractivity contribution >= 4 is 23.0 Å². The first kappa shape index (κ1) is 24.0. The van der Waals surface area contributed by atoms with Crippen LogP contribution in [0.3, 0.4) is 0 Å². The lowest BCUT2D eigenvalue weighted by atomic mass is 10.1. The van der Waals surface area contributed by atoms with Gasteiger partial charge in [0.25, 0.3) is 0 Å². The number of anilines is 1. The number of aromatic amines is 1. The summed E-state index contributed by atoms with van der Waals surface area (Å²) in [4.78, 5) is 12.1. The number of hydrogen-bond acceptors (Lipinski definition) is 5. The van der Waals surface area contributed by atoms with Crippen LogP contribution in [0.5, 0.6) is 0 Å². The van der Waals surface area contributed by atoms with Gasteiger partial charge in [-0.2, -0.15) is 0 Å². The number of nitrogens with one attached hydrogen (secondary N) is 3. The summed E-state index contributed by atoms with van der Waals surface area (Å²) in [6.45, 7) is 2.51. The van der Waals surface area contributed by atoms with Gasteiger partial charge in [-0.05, 0) is 79.8 Å². The summed E-state index contributed by atoms with van der Waals surface area (Å²) in [7, 11) is 0. The second kappa shape index (κ2) is 10.1. The lowest BCUT2D eigenvalue weighted by Crippen LogP contribution is -2.56. The predicted octanol–water partition coefficient (Wildman–Crippen LogP) is 5.21. The Morgan fingerprint density at radius 3 is 2.19 bits per heavy atom. The summed E-state index contributed by atoms with van der Waals surface area (Å²) in [6.07, 6.45) is 2.66. The van der Waals surface area contributed by atoms with Gasteiger partial charge in [0.2, 0.25) is 6.29 Å². The summed E-state index contributed by atoms with van der Waals surface area (Å²) in [6, 6.07) is 15.8. The first-order valence-corrected chi connectivity index (χ1v) is 11.6. The minimum atomic E-state index is -0.728. The molecule has 0 amide bonds. The molecule has 2 aromatic heterocycles. The van der Waals surface area contributed by atoms with Crippen LogP contribution in [0, 0.1) is 11.6 Å². The molecule has 1 aliphatic rings. The average molecular weight is 508 g/mol. The van der Waals surface area contributed by atoms with Crippen molar-refractivity contribution in [1.29, 1.82) is 0 Å². The number of H-pyrrole nitrogens is 1. The second-order valence-corrected chi connectivity index (χ2v) is 9.10. The molecule has 3 N–H and O–H groups in total. The van der Waals surface area contributed by atoms with Crippen molar-refractivity contribution in [1.82, 2.24) is 20.3 Å². The van der Waals surface area contributed by atoms with Crippen LogP contribution in [0.4, 0.5) is 14.5 Å². The molecule has 0 unspecified atom stereocenters. The van der Waals surface area contributed by atoms with Crippen molar-refractivity contribution in [2.75, 3.05) is 18.5 Å². The molecule has 10 heteroatoms. The third-order valence-corrected chi connectivity index (χ3v) is 5.86. The molecule has 1 fully saturated rings. The van der Waals surface area contributed by atoms with Crippen LogP contribution in [0.25, 0.3) is 22.5 Å². The second-order valence-electron chi connectivity index (χ2n) is 8.69. The SMILES string of the molecule is CC1(NC(=S)Nc2ccc(F)cc2)COC(c2nc(-c3ccc(F)cc3)c(-c3ccncc3)[nH]2)OC1. The van der Waals surface area contributed by atoms with Gasteiger partial charge in [0, 0.05) is 29.2 Å². The third-order valence-electron chi connectivity index (χ3n) is 5.66. The number of aromatic nitrogens is 3. The van der Waals surface area contributed by atoms with E-state index in [1.54, 1.807) is 36.7 Å². The van der Waals surface area contributed by atoms with Gasteiger partial charge in [0.1, 0.15) is 11.6 Å². The van der Waals surface area contributed by atoms with Crippen molar-refractivity contribution in [3.05, 3.63) is 90.5 Å². The molecule has 0 radical (unpaired) electrons. The van der Waals surface area contributed by atoms with E-state index in [0.29, 0.717) is 35.5 Å². The molecule has 4 aromatic rings. The molecule has 7 nitrogen and oxygen atoms in total. The Labute approximate surface area is 211 Å². The van der Waals surface area contributed by atoms with Crippen LogP contribution < -0.4 is 10.6 Å². The number of benzene rings is 2. The zero-order valence-corrected chi connectivity index (χ0v) is 20.1. The van der Waals surface area contributed by atoms with Crippen molar-refractivity contribution in [2.45, 2.75) is 18.8 Å². The van der Waals surface area contributed by atoms with E-state index < -0.39 is 11.8 Å². The highest BCUT2D eigenvalue weighted by Crippen LogP contribution is 2.34. The van der Waals surface area contributed by atoms with E-state index in [1.165, 1.54) is 24.3 Å². The molecular weight excluding hydrogens is 484 g/mol. The molecule has 3 heterocycles. The number of pyridine rings is 1. The summed E-state index contributed by atoms with van der Waals surface area (Å²) >= 11 is 5.40. The highest BCUT2D eigenvalue weighted by molar-refractivity contribution is 7.80. The van der Waals surface area contributed by atoms with E-state index in [4.69, 9.17) is 26.7 Å². The van der Waals surface area contributed by atoms with Gasteiger partial charge < -0.3 is 25.1 Å². The maximum absolute atomic E-state index is 13.5. The molecule has 0 aliphatic carbocycles. The molecule has 1 saturated heterocycles. The Hall–Kier alpha value is -3.73. The Balaban J connectivity index is 1.30. The normalized spacial score (nSPS) is 19.6. The summed E-state index contributed by atoms with van der Waals surface area (Å²) in [5.74, 6) is -0.146. The molecular formula is C26H23F2N5O2S. The zero-order valence-electron chi connectivity index (χ0n) is 19.3. The minimum Gasteiger partial charge on any atom is -0.353 e. The topological polar surface area (TPSA) is 84.1 Å². The number of ether oxygens (including phenoxy) is 2. The van der Waals surface area contributed by atoms with Crippen molar-refractivity contribution in [2.24, 2.45) is 0 Å². The third kappa shape index (κ3) is 5.40. The van der Waals surface area contributed by atoms with Crippen molar-refractivity contribution in [3.8, 4) is 22.5 Å². The van der Waals surface area contributed by atoms with E-state index in [1.807, 2.05) is 19.1 Å². The Morgan fingerprint density at radius 1 is 0.944 bits per heavy atom. The number of thiocarbonyl (C=S) groups is 1. The average Bonchev–Trinajstić information content (AvgIpc) is 3.32. The predicted molar refractivity (Wildman–Crippen MR) is 136 cm³/mol. The fourth-order valence-electron chi connectivity index (χ4n) is 3.86. The van der Waals surface area contributed by atoms with Gasteiger partial charge >= 0.3 is 0 Å². The lowest BCUT2D eigenvalue weighted by molar-refractivity contribution is -0.215. The monoisotopic (exact) mass is 507 g/mol. The molecule has 5 rings (SSSR count). The summed E-state index contributed by atoms with van der Waals surface area (Å²) in [5.41, 5.74) is 3.11. The maximum atomic E-state index is 13.5. The van der Waals surface area contributed by atoms with Crippen LogP contribution in [0.1, 0.15) is 19.0 Å². The maximum Gasteiger partial charge on any atom is 0.217 e. The van der Waals surface area contributed by atoms with Gasteiger partial charge in [-0.15, -0.1) is 0 Å². The number of halogens is 2. The van der Waals surface area contributed by atoms with Crippen LogP contribution in [-0.4, -0.2) is 38.8 Å². The Kier molecular flexibility index (Phi) is 6.73. The first-order chi connectivity index (χ1) is 17.4. The molecule has 0 bridgehead atoms. The van der Waals surface area contributed by atoms with Gasteiger partial charge in [-0.3, -0.25) is 4.98 Å². The van der Waals surface area contributed by atoms with Crippen LogP contribution in [-0.2, 0) is 9.47 Å². The van der Waals surface area contributed by atoms with E-state index in [-0.39, 0.29) is 11.6 Å². The molecule has 0 saturated carbocycles. The van der Waals surface area contributed by atoms with Crippen molar-refractivity contribution in [3.63, 3.8) is 0 Å². The van der Waals surface area contributed by atoms with Gasteiger partial charge in [-0.1, -0.05) is 0 Å². The van der Waals surface area contributed by atoms with Gasteiger partial charge in [0.15, 0.2) is 10.9 Å². The summed E-state index contributed by atoms with van der Waals surface area (Å²) < 4.78 is 38.7. The highest BCUT2D eigenvalue weighted by atomic mass is 32.1. The molecule has 0 atom stereocenters. The van der Waals surface area contributed by atoms with Crippen molar-refractivity contribution < 1.29 is 18.3 Å². The molecule has 184 valence electrons. The summed E-state index contributed by atoms with van der Waals surface area (Å²) in [5, 5.41) is 6.60. The van der Waals surface area contributed by atoms with Crippen LogP contribution in [0.2, 0.25) is 0 Å². The van der Waals surface area contributed by atoms with E-state index in [2.05, 4.69) is 20.6 Å². The number of nitrogens with zero attached hydrogens (tertiary/aromatic N) is 2. The first-order valence-electron chi connectivity index (χ1n) is 11.2. The van der Waals surface area contributed by atoms with E-state index >= 15 is 0 Å². The van der Waals surface area contributed by atoms with Crippen LogP contribution in [0.15, 0.2) is 73.1 Å². The molecule has 2 aromatic carbocycles. The fraction of sp³-hybridized carbons (Fsp3) is 0.192. The van der Waals surface area contributed by atoms with Gasteiger partial charge in [-0.25, -0.2) is 13.8 Å². The standard InChI is InChI=1S/C26H23F2N5O2S/c1-26(33-25(36)30-20-8-6-19(28)7-9-20)14-34-24(35-15-26)23-31-21(16-2-4-18(27)5-3-16)22(32-23)17-10-12-29-13-11-17/h2-13,24H,14-15H2,1H3,(H,31,32)(H2,30,33,36). The number of rotatable bonds is 5. The van der Waals surface area contributed by atoms with Crippen LogP contribution >= 0.6 is 12.2 Å². The van der Waals surface area contributed by atoms with E-state index in [9.17, 15) is 8.78 Å². The fourth-order valence-corrected chi connectivity index (χ4v) is 4.22. The van der Waals surface area contributed by atoms with Gasteiger partial charge in [0.05, 0.1) is 30.1 Å². The number of hydrogen-bond donors (Lipinski definition) is 3. The molecule has 1 aliphatic heterocycles. The quantitative estimate of drug-likeness (QED) is 0.320.